The predicted octanol–water partition coefficient (Wildman–Crippen LogP) is -0.287. The van der Waals surface area contributed by atoms with Crippen molar-refractivity contribution in [2.75, 3.05) is 0 Å². The molecule has 3 heteroatoms. The normalized spacial score (nSPS) is 9.75. The summed E-state index contributed by atoms with van der Waals surface area (Å²) in [6, 6.07) is 0. The summed E-state index contributed by atoms with van der Waals surface area (Å²) in [5.41, 5.74) is 0.660. The van der Waals surface area contributed by atoms with Gasteiger partial charge in [0.15, 0.2) is 6.33 Å². The number of hydrogen-bond acceptors (Lipinski definition) is 2. The van der Waals surface area contributed by atoms with Crippen LogP contribution in [0.5, 0.6) is 0 Å². The Morgan fingerprint density at radius 3 is 3.00 bits per heavy atom. The molecule has 0 aliphatic carbocycles. The van der Waals surface area contributed by atoms with E-state index in [9.17, 15) is 0 Å². The Morgan fingerprint density at radius 1 is 2.00 bits per heavy atom. The monoisotopic (exact) mass is 111 g/mol. The lowest BCUT2D eigenvalue weighted by Gasteiger charge is -1.81. The average Bonchev–Trinajstić information content (AvgIpc) is 2.14. The Labute approximate surface area is 47.6 Å². The van der Waals surface area contributed by atoms with Crippen LogP contribution in [-0.2, 0) is 13.7 Å². The van der Waals surface area contributed by atoms with E-state index in [-0.39, 0.29) is 6.61 Å². The van der Waals surface area contributed by atoms with Crippen LogP contribution in [0.2, 0.25) is 0 Å². The average molecular weight is 111 g/mol. The van der Waals surface area contributed by atoms with Crippen molar-refractivity contribution in [2.24, 2.45) is 7.05 Å². The van der Waals surface area contributed by atoms with Gasteiger partial charge in [0.1, 0.15) is 0 Å². The third-order valence-electron chi connectivity index (χ3n) is 0.856. The Morgan fingerprint density at radius 2 is 2.75 bits per heavy atom. The summed E-state index contributed by atoms with van der Waals surface area (Å²) in [6.45, 7) is -0.00264. The van der Waals surface area contributed by atoms with Gasteiger partial charge < -0.3 is 9.67 Å². The van der Waals surface area contributed by atoms with Gasteiger partial charge in [-0.25, -0.2) is 4.98 Å². The van der Waals surface area contributed by atoms with Crippen molar-refractivity contribution < 1.29 is 5.11 Å². The van der Waals surface area contributed by atoms with Crippen LogP contribution in [0.4, 0.5) is 0 Å². The van der Waals surface area contributed by atoms with Crippen LogP contribution >= 0.6 is 0 Å². The quantitative estimate of drug-likeness (QED) is 0.541. The number of aromatic nitrogens is 2. The minimum absolute atomic E-state index is 0.00264. The maximum Gasteiger partial charge on any atom is 0.176 e. The highest BCUT2D eigenvalue weighted by Gasteiger charge is 1.90. The number of aliphatic hydroxyl groups is 1. The highest BCUT2D eigenvalue weighted by atomic mass is 16.3. The summed E-state index contributed by atoms with van der Waals surface area (Å²) >= 11 is 0. The highest BCUT2D eigenvalue weighted by Crippen LogP contribution is 1.89. The molecule has 0 amide bonds. The zero-order chi connectivity index (χ0) is 5.98. The summed E-state index contributed by atoms with van der Waals surface area (Å²) in [6.07, 6.45) is 4.35. The van der Waals surface area contributed by atoms with Gasteiger partial charge >= 0.3 is 0 Å². The minimum atomic E-state index is -0.00264. The lowest BCUT2D eigenvalue weighted by Crippen LogP contribution is -1.80. The lowest BCUT2D eigenvalue weighted by atomic mass is 10.5. The van der Waals surface area contributed by atoms with E-state index < -0.39 is 0 Å². The van der Waals surface area contributed by atoms with Gasteiger partial charge in [-0.15, -0.1) is 0 Å². The largest absolute Gasteiger partial charge is 0.390 e. The maximum absolute atomic E-state index is 8.46. The topological polar surface area (TPSA) is 38.0 Å². The molecule has 8 heavy (non-hydrogen) atoms. The summed E-state index contributed by atoms with van der Waals surface area (Å²) < 4.78 is 1.67. The molecule has 1 rings (SSSR count). The zero-order valence-corrected chi connectivity index (χ0v) is 4.63. The fraction of sp³-hybridized carbons (Fsp3) is 0.400. The molecule has 1 N–H and O–H groups in total. The third kappa shape index (κ3) is 0.869. The molecule has 3 nitrogen and oxygen atoms in total. The molecule has 0 saturated carbocycles. The Kier molecular flexibility index (Phi) is 1.30. The zero-order valence-electron chi connectivity index (χ0n) is 4.63. The number of aliphatic hydroxyl groups excluding tert-OH is 1. The van der Waals surface area contributed by atoms with Crippen molar-refractivity contribution in [3.63, 3.8) is 0 Å². The van der Waals surface area contributed by atoms with Gasteiger partial charge in [0, 0.05) is 13.2 Å². The molecule has 0 aliphatic heterocycles. The smallest absolute Gasteiger partial charge is 0.176 e. The van der Waals surface area contributed by atoms with E-state index in [1.165, 1.54) is 0 Å². The van der Waals surface area contributed by atoms with Crippen molar-refractivity contribution >= 4 is 0 Å². The lowest BCUT2D eigenvalue weighted by molar-refractivity contribution is 0.277. The van der Waals surface area contributed by atoms with Crippen LogP contribution in [0.15, 0.2) is 6.20 Å². The van der Waals surface area contributed by atoms with Crippen LogP contribution in [0, 0.1) is 6.33 Å². The summed E-state index contributed by atoms with van der Waals surface area (Å²) in [4.78, 5) is 3.72. The van der Waals surface area contributed by atoms with Crippen molar-refractivity contribution in [1.82, 2.24) is 9.55 Å². The van der Waals surface area contributed by atoms with Crippen LogP contribution in [0.25, 0.3) is 0 Å². The number of aryl methyl sites for hydroxylation is 1. The van der Waals surface area contributed by atoms with E-state index in [4.69, 9.17) is 5.11 Å². The number of nitrogens with zero attached hydrogens (tertiary/aromatic N) is 2. The van der Waals surface area contributed by atoms with Gasteiger partial charge in [0.25, 0.3) is 0 Å². The van der Waals surface area contributed by atoms with E-state index in [0.29, 0.717) is 5.69 Å². The van der Waals surface area contributed by atoms with Gasteiger partial charge in [0.05, 0.1) is 12.3 Å². The number of imidazole rings is 1. The van der Waals surface area contributed by atoms with Gasteiger partial charge in [-0.1, -0.05) is 0 Å². The second-order valence-electron chi connectivity index (χ2n) is 1.60. The predicted molar refractivity (Wildman–Crippen MR) is 28.0 cm³/mol. The maximum atomic E-state index is 8.46. The number of rotatable bonds is 1. The molecule has 0 spiro atoms. The molecule has 1 heterocycles. The molecule has 1 radical (unpaired) electrons. The van der Waals surface area contributed by atoms with E-state index >= 15 is 0 Å². The molecule has 0 aromatic carbocycles. The van der Waals surface area contributed by atoms with Gasteiger partial charge in [-0.2, -0.15) is 0 Å². The van der Waals surface area contributed by atoms with E-state index in [1.54, 1.807) is 10.8 Å². The second-order valence-corrected chi connectivity index (χ2v) is 1.60. The summed E-state index contributed by atoms with van der Waals surface area (Å²) in [7, 11) is 1.81. The molecule has 0 fully saturated rings. The van der Waals surface area contributed by atoms with Gasteiger partial charge in [-0.05, 0) is 0 Å². The molecule has 0 saturated heterocycles. The second kappa shape index (κ2) is 1.96. The Hall–Kier alpha value is -0.830. The first-order valence-corrected chi connectivity index (χ1v) is 2.33. The van der Waals surface area contributed by atoms with Crippen LogP contribution in [0.1, 0.15) is 5.69 Å². The fourth-order valence-electron chi connectivity index (χ4n) is 0.501. The molecular formula is C5H7N2O. The first-order chi connectivity index (χ1) is 3.83. The van der Waals surface area contributed by atoms with Crippen molar-refractivity contribution in [3.05, 3.63) is 18.2 Å². The molecule has 1 aromatic heterocycles. The SMILES string of the molecule is Cn1[c]nc(CO)c1. The van der Waals surface area contributed by atoms with E-state index in [2.05, 4.69) is 11.3 Å². The van der Waals surface area contributed by atoms with E-state index in [1.807, 2.05) is 7.05 Å². The first-order valence-electron chi connectivity index (χ1n) is 2.33. The van der Waals surface area contributed by atoms with Gasteiger partial charge in [0.2, 0.25) is 0 Å². The molecule has 0 unspecified atom stereocenters. The van der Waals surface area contributed by atoms with E-state index in [0.717, 1.165) is 0 Å². The molecule has 0 aliphatic rings. The summed E-state index contributed by atoms with van der Waals surface area (Å²) in [5.74, 6) is 0. The molecular weight excluding hydrogens is 104 g/mol. The van der Waals surface area contributed by atoms with Crippen LogP contribution in [0.3, 0.4) is 0 Å². The van der Waals surface area contributed by atoms with Crippen molar-refractivity contribution in [2.45, 2.75) is 6.61 Å². The Balaban J connectivity index is 2.84. The Bertz CT molecular complexity index is 171. The van der Waals surface area contributed by atoms with Crippen LogP contribution < -0.4 is 0 Å². The van der Waals surface area contributed by atoms with Crippen molar-refractivity contribution in [3.8, 4) is 0 Å². The first kappa shape index (κ1) is 5.31. The van der Waals surface area contributed by atoms with Crippen molar-refractivity contribution in [1.29, 1.82) is 0 Å². The minimum Gasteiger partial charge on any atom is -0.390 e. The fourth-order valence-corrected chi connectivity index (χ4v) is 0.501. The van der Waals surface area contributed by atoms with Crippen LogP contribution in [-0.4, -0.2) is 14.7 Å². The molecule has 0 bridgehead atoms. The highest BCUT2D eigenvalue weighted by molar-refractivity contribution is 4.91. The summed E-state index contributed by atoms with van der Waals surface area (Å²) in [5, 5.41) is 8.46. The third-order valence-corrected chi connectivity index (χ3v) is 0.856. The molecule has 0 atom stereocenters. The number of hydrogen-bond donors (Lipinski definition) is 1. The molecule has 1 aromatic rings. The molecule has 43 valence electrons. The van der Waals surface area contributed by atoms with Gasteiger partial charge in [-0.3, -0.25) is 0 Å². The standard InChI is InChI=1S/C5H7N2O/c1-7-2-5(3-8)6-4-7/h2,8H,3H2,1H3.